The first-order valence-corrected chi connectivity index (χ1v) is 5.68. The largest absolute Gasteiger partial charge is 0.491 e. The van der Waals surface area contributed by atoms with Crippen LogP contribution in [-0.2, 0) is 10.9 Å². The maximum absolute atomic E-state index is 12.6. The van der Waals surface area contributed by atoms with E-state index in [2.05, 4.69) is 0 Å². The molecule has 2 N–H and O–H groups in total. The van der Waals surface area contributed by atoms with Crippen LogP contribution in [0.4, 0.5) is 18.9 Å². The van der Waals surface area contributed by atoms with Crippen LogP contribution in [0.2, 0.25) is 0 Å². The van der Waals surface area contributed by atoms with Crippen molar-refractivity contribution in [3.05, 3.63) is 23.8 Å². The van der Waals surface area contributed by atoms with E-state index >= 15 is 0 Å². The van der Waals surface area contributed by atoms with Gasteiger partial charge in [-0.15, -0.1) is 0 Å². The third kappa shape index (κ3) is 3.07. The summed E-state index contributed by atoms with van der Waals surface area (Å²) in [6, 6.07) is 3.55. The van der Waals surface area contributed by atoms with Crippen molar-refractivity contribution in [2.75, 3.05) is 18.9 Å². The number of nitrogen functional groups attached to an aromatic ring is 1. The molecule has 0 aromatic heterocycles. The summed E-state index contributed by atoms with van der Waals surface area (Å²) in [5.74, 6) is 0.159. The topological polar surface area (TPSA) is 44.5 Å². The summed E-state index contributed by atoms with van der Waals surface area (Å²) in [6.07, 6.45) is -2.66. The van der Waals surface area contributed by atoms with Gasteiger partial charge < -0.3 is 15.2 Å². The summed E-state index contributed by atoms with van der Waals surface area (Å²) in [7, 11) is 0. The molecule has 1 aromatic carbocycles. The van der Waals surface area contributed by atoms with Gasteiger partial charge in [0.2, 0.25) is 0 Å². The van der Waals surface area contributed by atoms with Gasteiger partial charge in [-0.2, -0.15) is 13.2 Å². The van der Waals surface area contributed by atoms with Crippen LogP contribution in [0.25, 0.3) is 0 Å². The van der Waals surface area contributed by atoms with Crippen LogP contribution in [0.1, 0.15) is 18.4 Å². The maximum Gasteiger partial charge on any atom is 0.418 e. The zero-order chi connectivity index (χ0) is 13.2. The summed E-state index contributed by atoms with van der Waals surface area (Å²) in [6.45, 7) is 0.949. The fourth-order valence-electron chi connectivity index (χ4n) is 1.84. The lowest BCUT2D eigenvalue weighted by Crippen LogP contribution is -2.17. The second-order valence-electron chi connectivity index (χ2n) is 4.19. The molecular formula is C12H14F3NO2. The molecule has 0 spiro atoms. The van der Waals surface area contributed by atoms with E-state index in [-0.39, 0.29) is 24.1 Å². The molecule has 0 saturated carbocycles. The first-order valence-electron chi connectivity index (χ1n) is 5.68. The summed E-state index contributed by atoms with van der Waals surface area (Å²) in [4.78, 5) is 0. The molecule has 100 valence electrons. The van der Waals surface area contributed by atoms with Crippen molar-refractivity contribution < 1.29 is 22.6 Å². The van der Waals surface area contributed by atoms with Crippen molar-refractivity contribution in [1.29, 1.82) is 0 Å². The SMILES string of the molecule is Nc1ccc(OCC2CCCO2)cc1C(F)(F)F. The van der Waals surface area contributed by atoms with Gasteiger partial charge >= 0.3 is 6.18 Å². The van der Waals surface area contributed by atoms with Crippen LogP contribution in [0, 0.1) is 0 Å². The molecular weight excluding hydrogens is 247 g/mol. The second-order valence-corrected chi connectivity index (χ2v) is 4.19. The Morgan fingerprint density at radius 3 is 2.78 bits per heavy atom. The number of ether oxygens (including phenoxy) is 2. The number of hydrogen-bond donors (Lipinski definition) is 1. The van der Waals surface area contributed by atoms with E-state index in [1.54, 1.807) is 0 Å². The first-order chi connectivity index (χ1) is 8.47. The zero-order valence-electron chi connectivity index (χ0n) is 9.67. The standard InChI is InChI=1S/C12H14F3NO2/c13-12(14,15)10-6-8(3-4-11(10)16)18-7-9-2-1-5-17-9/h3-4,6,9H,1-2,5,7,16H2. The lowest BCUT2D eigenvalue weighted by Gasteiger charge is -2.14. The van der Waals surface area contributed by atoms with E-state index < -0.39 is 11.7 Å². The molecule has 0 aliphatic carbocycles. The Morgan fingerprint density at radius 2 is 2.17 bits per heavy atom. The van der Waals surface area contributed by atoms with Crippen molar-refractivity contribution in [3.63, 3.8) is 0 Å². The van der Waals surface area contributed by atoms with Gasteiger partial charge in [0.05, 0.1) is 11.7 Å². The number of benzene rings is 1. The van der Waals surface area contributed by atoms with Crippen molar-refractivity contribution >= 4 is 5.69 Å². The Bertz CT molecular complexity index is 414. The summed E-state index contributed by atoms with van der Waals surface area (Å²) in [5, 5.41) is 0. The van der Waals surface area contributed by atoms with Gasteiger partial charge in [-0.25, -0.2) is 0 Å². The van der Waals surface area contributed by atoms with E-state index in [4.69, 9.17) is 15.2 Å². The second kappa shape index (κ2) is 5.06. The quantitative estimate of drug-likeness (QED) is 0.851. The van der Waals surface area contributed by atoms with Crippen molar-refractivity contribution in [2.24, 2.45) is 0 Å². The Hall–Kier alpha value is -1.43. The van der Waals surface area contributed by atoms with Crippen molar-refractivity contribution in [1.82, 2.24) is 0 Å². The Morgan fingerprint density at radius 1 is 1.39 bits per heavy atom. The van der Waals surface area contributed by atoms with Crippen LogP contribution in [-0.4, -0.2) is 19.3 Å². The Labute approximate surface area is 103 Å². The van der Waals surface area contributed by atoms with Gasteiger partial charge in [-0.1, -0.05) is 0 Å². The summed E-state index contributed by atoms with van der Waals surface area (Å²) >= 11 is 0. The molecule has 1 fully saturated rings. The third-order valence-corrected chi connectivity index (χ3v) is 2.79. The van der Waals surface area contributed by atoms with E-state index in [1.807, 2.05) is 0 Å². The molecule has 1 aromatic rings. The number of anilines is 1. The molecule has 1 unspecified atom stereocenters. The van der Waals surface area contributed by atoms with Gasteiger partial charge in [-0.3, -0.25) is 0 Å². The lowest BCUT2D eigenvalue weighted by molar-refractivity contribution is -0.137. The van der Waals surface area contributed by atoms with Crippen LogP contribution >= 0.6 is 0 Å². The van der Waals surface area contributed by atoms with E-state index in [9.17, 15) is 13.2 Å². The molecule has 18 heavy (non-hydrogen) atoms. The number of nitrogens with two attached hydrogens (primary N) is 1. The highest BCUT2D eigenvalue weighted by molar-refractivity contribution is 5.51. The molecule has 0 amide bonds. The predicted octanol–water partition coefficient (Wildman–Crippen LogP) is 2.85. The normalized spacial score (nSPS) is 20.1. The first kappa shape index (κ1) is 13.0. The highest BCUT2D eigenvalue weighted by Crippen LogP contribution is 2.35. The van der Waals surface area contributed by atoms with E-state index in [0.717, 1.165) is 18.9 Å². The van der Waals surface area contributed by atoms with Crippen LogP contribution in [0.5, 0.6) is 5.75 Å². The summed E-state index contributed by atoms with van der Waals surface area (Å²) < 4.78 is 48.5. The molecule has 2 rings (SSSR count). The molecule has 0 bridgehead atoms. The van der Waals surface area contributed by atoms with Gasteiger partial charge in [0, 0.05) is 12.3 Å². The average molecular weight is 261 g/mol. The Kier molecular flexibility index (Phi) is 3.65. The maximum atomic E-state index is 12.6. The fourth-order valence-corrected chi connectivity index (χ4v) is 1.84. The number of alkyl halides is 3. The highest BCUT2D eigenvalue weighted by Gasteiger charge is 2.33. The number of halogens is 3. The van der Waals surface area contributed by atoms with Crippen molar-refractivity contribution in [3.8, 4) is 5.75 Å². The molecule has 3 nitrogen and oxygen atoms in total. The molecule has 1 aliphatic heterocycles. The minimum atomic E-state index is -4.46. The minimum absolute atomic E-state index is 0.0307. The minimum Gasteiger partial charge on any atom is -0.491 e. The number of rotatable bonds is 3. The fraction of sp³-hybridized carbons (Fsp3) is 0.500. The molecule has 1 heterocycles. The molecule has 1 atom stereocenters. The molecule has 0 radical (unpaired) electrons. The summed E-state index contributed by atoms with van der Waals surface area (Å²) in [5.41, 5.74) is 4.13. The van der Waals surface area contributed by atoms with E-state index in [1.165, 1.54) is 12.1 Å². The molecule has 1 aliphatic rings. The predicted molar refractivity (Wildman–Crippen MR) is 60.3 cm³/mol. The zero-order valence-corrected chi connectivity index (χ0v) is 9.67. The van der Waals surface area contributed by atoms with Gasteiger partial charge in [0.25, 0.3) is 0 Å². The highest BCUT2D eigenvalue weighted by atomic mass is 19.4. The lowest BCUT2D eigenvalue weighted by atomic mass is 10.1. The number of hydrogen-bond acceptors (Lipinski definition) is 3. The van der Waals surface area contributed by atoms with Gasteiger partial charge in [-0.05, 0) is 31.0 Å². The average Bonchev–Trinajstić information content (AvgIpc) is 2.79. The smallest absolute Gasteiger partial charge is 0.418 e. The van der Waals surface area contributed by atoms with Gasteiger partial charge in [0.1, 0.15) is 12.4 Å². The van der Waals surface area contributed by atoms with E-state index in [0.29, 0.717) is 6.61 Å². The third-order valence-electron chi connectivity index (χ3n) is 2.79. The van der Waals surface area contributed by atoms with Crippen molar-refractivity contribution in [2.45, 2.75) is 25.1 Å². The van der Waals surface area contributed by atoms with Crippen LogP contribution < -0.4 is 10.5 Å². The van der Waals surface area contributed by atoms with Crippen LogP contribution in [0.3, 0.4) is 0 Å². The Balaban J connectivity index is 2.04. The van der Waals surface area contributed by atoms with Gasteiger partial charge in [0.15, 0.2) is 0 Å². The molecule has 1 saturated heterocycles. The monoisotopic (exact) mass is 261 g/mol. The van der Waals surface area contributed by atoms with Crippen LogP contribution in [0.15, 0.2) is 18.2 Å². The molecule has 6 heteroatoms.